The fourth-order valence-electron chi connectivity index (χ4n) is 1.71. The van der Waals surface area contributed by atoms with Crippen molar-refractivity contribution in [1.29, 1.82) is 0 Å². The molecule has 1 heterocycles. The number of carbonyl (C=O) groups is 1. The van der Waals surface area contributed by atoms with E-state index in [1.807, 2.05) is 24.3 Å². The van der Waals surface area contributed by atoms with Gasteiger partial charge in [0.15, 0.2) is 0 Å². The highest BCUT2D eigenvalue weighted by Crippen LogP contribution is 2.22. The SMILES string of the molecule is Nc1cnccc1SCC(=O)NCCc1ccccc1. The molecule has 1 aromatic carbocycles. The van der Waals surface area contributed by atoms with Crippen LogP contribution in [0.25, 0.3) is 0 Å². The Kier molecular flexibility index (Phi) is 5.43. The number of anilines is 1. The first-order chi connectivity index (χ1) is 9.75. The third-order valence-corrected chi connectivity index (χ3v) is 3.84. The quantitative estimate of drug-likeness (QED) is 0.799. The standard InChI is InChI=1S/C15H17N3OS/c16-13-10-17-8-7-14(13)20-11-15(19)18-9-6-12-4-2-1-3-5-12/h1-5,7-8,10H,6,9,11,16H2,(H,18,19). The Balaban J connectivity index is 1.70. The van der Waals surface area contributed by atoms with Gasteiger partial charge < -0.3 is 11.1 Å². The average Bonchev–Trinajstić information content (AvgIpc) is 2.47. The Hall–Kier alpha value is -2.01. The number of carbonyl (C=O) groups excluding carboxylic acids is 1. The van der Waals surface area contributed by atoms with Crippen LogP contribution in [0.5, 0.6) is 0 Å². The molecule has 0 aliphatic rings. The largest absolute Gasteiger partial charge is 0.397 e. The van der Waals surface area contributed by atoms with Gasteiger partial charge in [-0.05, 0) is 18.1 Å². The number of thioether (sulfide) groups is 1. The molecular formula is C15H17N3OS. The Morgan fingerprint density at radius 1 is 1.25 bits per heavy atom. The van der Waals surface area contributed by atoms with Crippen molar-refractivity contribution in [3.05, 3.63) is 54.4 Å². The van der Waals surface area contributed by atoms with Crippen LogP contribution < -0.4 is 11.1 Å². The van der Waals surface area contributed by atoms with E-state index in [-0.39, 0.29) is 5.91 Å². The number of hydrogen-bond acceptors (Lipinski definition) is 4. The molecule has 4 nitrogen and oxygen atoms in total. The van der Waals surface area contributed by atoms with Crippen LogP contribution in [0.2, 0.25) is 0 Å². The van der Waals surface area contributed by atoms with Gasteiger partial charge in [0.1, 0.15) is 0 Å². The lowest BCUT2D eigenvalue weighted by atomic mass is 10.1. The molecule has 0 saturated heterocycles. The molecule has 0 aliphatic carbocycles. The fourth-order valence-corrected chi connectivity index (χ4v) is 2.48. The van der Waals surface area contributed by atoms with Crippen molar-refractivity contribution in [3.8, 4) is 0 Å². The number of benzene rings is 1. The Labute approximate surface area is 122 Å². The summed E-state index contributed by atoms with van der Waals surface area (Å²) in [5, 5.41) is 2.90. The van der Waals surface area contributed by atoms with Gasteiger partial charge in [0, 0.05) is 17.6 Å². The maximum atomic E-state index is 11.7. The van der Waals surface area contributed by atoms with Crippen LogP contribution in [0.4, 0.5) is 5.69 Å². The minimum atomic E-state index is 0.0159. The summed E-state index contributed by atoms with van der Waals surface area (Å²) in [7, 11) is 0. The molecule has 2 aromatic rings. The predicted molar refractivity (Wildman–Crippen MR) is 82.5 cm³/mol. The minimum Gasteiger partial charge on any atom is -0.397 e. The highest BCUT2D eigenvalue weighted by molar-refractivity contribution is 8.00. The predicted octanol–water partition coefficient (Wildman–Crippen LogP) is 2.11. The molecule has 0 bridgehead atoms. The Morgan fingerprint density at radius 2 is 2.05 bits per heavy atom. The first-order valence-electron chi connectivity index (χ1n) is 6.38. The maximum Gasteiger partial charge on any atom is 0.230 e. The van der Waals surface area contributed by atoms with E-state index in [4.69, 9.17) is 5.73 Å². The third-order valence-electron chi connectivity index (χ3n) is 2.75. The van der Waals surface area contributed by atoms with Gasteiger partial charge in [0.05, 0.1) is 17.6 Å². The van der Waals surface area contributed by atoms with E-state index in [0.717, 1.165) is 11.3 Å². The van der Waals surface area contributed by atoms with E-state index in [0.29, 0.717) is 18.0 Å². The average molecular weight is 287 g/mol. The van der Waals surface area contributed by atoms with Crippen molar-refractivity contribution in [1.82, 2.24) is 10.3 Å². The van der Waals surface area contributed by atoms with Crippen LogP contribution in [0.15, 0.2) is 53.7 Å². The van der Waals surface area contributed by atoms with E-state index in [1.165, 1.54) is 17.3 Å². The molecule has 1 amide bonds. The van der Waals surface area contributed by atoms with Gasteiger partial charge in [-0.2, -0.15) is 0 Å². The summed E-state index contributed by atoms with van der Waals surface area (Å²) in [5.41, 5.74) is 7.60. The highest BCUT2D eigenvalue weighted by Gasteiger charge is 2.04. The number of nitrogens with zero attached hydrogens (tertiary/aromatic N) is 1. The smallest absolute Gasteiger partial charge is 0.230 e. The summed E-state index contributed by atoms with van der Waals surface area (Å²) >= 11 is 1.42. The van der Waals surface area contributed by atoms with Crippen LogP contribution in [0.3, 0.4) is 0 Å². The monoisotopic (exact) mass is 287 g/mol. The van der Waals surface area contributed by atoms with Crippen LogP contribution in [-0.2, 0) is 11.2 Å². The van der Waals surface area contributed by atoms with Crippen LogP contribution in [0.1, 0.15) is 5.56 Å². The summed E-state index contributed by atoms with van der Waals surface area (Å²) in [5.74, 6) is 0.380. The number of hydrogen-bond donors (Lipinski definition) is 2. The van der Waals surface area contributed by atoms with E-state index >= 15 is 0 Å². The summed E-state index contributed by atoms with van der Waals surface area (Å²) in [6, 6.07) is 11.9. The van der Waals surface area contributed by atoms with Gasteiger partial charge in [-0.1, -0.05) is 30.3 Å². The number of pyridine rings is 1. The fraction of sp³-hybridized carbons (Fsp3) is 0.200. The number of nitrogen functional groups attached to an aromatic ring is 1. The maximum absolute atomic E-state index is 11.7. The number of aromatic nitrogens is 1. The van der Waals surface area contributed by atoms with Gasteiger partial charge in [0.2, 0.25) is 5.91 Å². The topological polar surface area (TPSA) is 68.0 Å². The molecule has 2 rings (SSSR count). The van der Waals surface area contributed by atoms with Gasteiger partial charge in [-0.15, -0.1) is 11.8 Å². The number of amides is 1. The van der Waals surface area contributed by atoms with Crippen molar-refractivity contribution in [2.45, 2.75) is 11.3 Å². The lowest BCUT2D eigenvalue weighted by molar-refractivity contribution is -0.118. The lowest BCUT2D eigenvalue weighted by Gasteiger charge is -2.06. The normalized spacial score (nSPS) is 10.2. The zero-order valence-electron chi connectivity index (χ0n) is 11.1. The molecule has 0 radical (unpaired) electrons. The summed E-state index contributed by atoms with van der Waals surface area (Å²) < 4.78 is 0. The summed E-state index contributed by atoms with van der Waals surface area (Å²) in [4.78, 5) is 16.5. The van der Waals surface area contributed by atoms with Crippen molar-refractivity contribution < 1.29 is 4.79 Å². The first kappa shape index (κ1) is 14.4. The number of rotatable bonds is 6. The van der Waals surface area contributed by atoms with Gasteiger partial charge in [0.25, 0.3) is 0 Å². The zero-order chi connectivity index (χ0) is 14.2. The first-order valence-corrected chi connectivity index (χ1v) is 7.37. The molecule has 0 spiro atoms. The Bertz CT molecular complexity index is 560. The molecule has 5 heteroatoms. The summed E-state index contributed by atoms with van der Waals surface area (Å²) in [6.07, 6.45) is 4.11. The van der Waals surface area contributed by atoms with Crippen molar-refractivity contribution in [2.24, 2.45) is 0 Å². The minimum absolute atomic E-state index is 0.0159. The molecule has 0 atom stereocenters. The second kappa shape index (κ2) is 7.55. The Morgan fingerprint density at radius 3 is 2.80 bits per heavy atom. The van der Waals surface area contributed by atoms with Gasteiger partial charge >= 0.3 is 0 Å². The molecule has 3 N–H and O–H groups in total. The van der Waals surface area contributed by atoms with Gasteiger partial charge in [-0.25, -0.2) is 0 Å². The zero-order valence-corrected chi connectivity index (χ0v) is 11.9. The molecule has 1 aromatic heterocycles. The molecule has 104 valence electrons. The van der Waals surface area contributed by atoms with Crippen molar-refractivity contribution in [3.63, 3.8) is 0 Å². The molecule has 0 fully saturated rings. The molecule has 20 heavy (non-hydrogen) atoms. The van der Waals surface area contributed by atoms with E-state index < -0.39 is 0 Å². The van der Waals surface area contributed by atoms with E-state index in [2.05, 4.69) is 22.4 Å². The van der Waals surface area contributed by atoms with Crippen molar-refractivity contribution in [2.75, 3.05) is 18.0 Å². The molecular weight excluding hydrogens is 270 g/mol. The highest BCUT2D eigenvalue weighted by atomic mass is 32.2. The second-order valence-electron chi connectivity index (χ2n) is 4.29. The van der Waals surface area contributed by atoms with Crippen molar-refractivity contribution >= 4 is 23.4 Å². The molecule has 0 aliphatic heterocycles. The van der Waals surface area contributed by atoms with E-state index in [9.17, 15) is 4.79 Å². The number of nitrogens with two attached hydrogens (primary N) is 1. The van der Waals surface area contributed by atoms with Gasteiger partial charge in [-0.3, -0.25) is 9.78 Å². The summed E-state index contributed by atoms with van der Waals surface area (Å²) in [6.45, 7) is 0.648. The lowest BCUT2D eigenvalue weighted by Crippen LogP contribution is -2.27. The molecule has 0 saturated carbocycles. The van der Waals surface area contributed by atoms with Crippen LogP contribution in [-0.4, -0.2) is 23.2 Å². The molecule has 0 unspecified atom stereocenters. The second-order valence-corrected chi connectivity index (χ2v) is 5.30. The third kappa shape index (κ3) is 4.59. The van der Waals surface area contributed by atoms with E-state index in [1.54, 1.807) is 12.4 Å². The van der Waals surface area contributed by atoms with Crippen LogP contribution in [0, 0.1) is 0 Å². The van der Waals surface area contributed by atoms with Crippen LogP contribution >= 0.6 is 11.8 Å². The number of nitrogens with one attached hydrogen (secondary N) is 1.